The number of nitrogens with zero attached hydrogens (tertiary/aromatic N) is 2. The first-order valence-corrected chi connectivity index (χ1v) is 11.8. The number of fused-ring (bicyclic) bond motifs is 1. The number of anilines is 1. The van der Waals surface area contributed by atoms with E-state index in [1.54, 1.807) is 30.5 Å². The molecule has 0 radical (unpaired) electrons. The molecule has 1 atom stereocenters. The maximum Gasteiger partial charge on any atom is 0.257 e. The van der Waals surface area contributed by atoms with Crippen LogP contribution in [0.5, 0.6) is 0 Å². The predicted octanol–water partition coefficient (Wildman–Crippen LogP) is 4.80. The first kappa shape index (κ1) is 21.6. The summed E-state index contributed by atoms with van der Waals surface area (Å²) in [4.78, 5) is 38.4. The summed E-state index contributed by atoms with van der Waals surface area (Å²) in [5, 5.41) is 3.68. The normalized spacial score (nSPS) is 19.0. The van der Waals surface area contributed by atoms with Gasteiger partial charge in [0.2, 0.25) is 0 Å². The fourth-order valence-corrected chi connectivity index (χ4v) is 5.41. The predicted molar refractivity (Wildman–Crippen MR) is 126 cm³/mol. The number of hydrogen-bond acceptors (Lipinski definition) is 6. The SMILES string of the molecule is CC1(C)CC(=O)C2=C(C1)Nc1nc(SCc3ccccc3F)[nH]c(=O)c1[C@@H]2c1ccccn1. The number of rotatable bonds is 4. The van der Waals surface area contributed by atoms with Crippen LogP contribution < -0.4 is 10.9 Å². The third kappa shape index (κ3) is 4.11. The van der Waals surface area contributed by atoms with Crippen molar-refractivity contribution in [1.82, 2.24) is 15.0 Å². The molecule has 3 aromatic rings. The maximum absolute atomic E-state index is 14.0. The van der Waals surface area contributed by atoms with Crippen LogP contribution in [0.25, 0.3) is 0 Å². The summed E-state index contributed by atoms with van der Waals surface area (Å²) >= 11 is 1.26. The van der Waals surface area contributed by atoms with Gasteiger partial charge in [-0.2, -0.15) is 0 Å². The number of carbonyl (C=O) groups excluding carboxylic acids is 1. The molecule has 2 aliphatic rings. The number of ketones is 1. The van der Waals surface area contributed by atoms with Crippen molar-refractivity contribution in [1.29, 1.82) is 0 Å². The molecule has 168 valence electrons. The van der Waals surface area contributed by atoms with Crippen molar-refractivity contribution in [2.75, 3.05) is 5.32 Å². The highest BCUT2D eigenvalue weighted by Gasteiger charge is 2.42. The second-order valence-corrected chi connectivity index (χ2v) is 10.1. The number of benzene rings is 1. The molecule has 5 rings (SSSR count). The van der Waals surface area contributed by atoms with E-state index in [9.17, 15) is 14.0 Å². The van der Waals surface area contributed by atoms with Gasteiger partial charge in [0.25, 0.3) is 5.56 Å². The van der Waals surface area contributed by atoms with E-state index in [-0.39, 0.29) is 22.6 Å². The zero-order valence-electron chi connectivity index (χ0n) is 18.3. The monoisotopic (exact) mass is 462 g/mol. The van der Waals surface area contributed by atoms with E-state index in [1.165, 1.54) is 17.8 Å². The van der Waals surface area contributed by atoms with E-state index in [2.05, 4.69) is 34.1 Å². The summed E-state index contributed by atoms with van der Waals surface area (Å²) in [6.45, 7) is 4.12. The molecule has 1 aliphatic carbocycles. The summed E-state index contributed by atoms with van der Waals surface area (Å²) in [7, 11) is 0. The summed E-state index contributed by atoms with van der Waals surface area (Å²) in [5.41, 5.74) is 2.42. The van der Waals surface area contributed by atoms with E-state index in [4.69, 9.17) is 0 Å². The third-order valence-corrected chi connectivity index (χ3v) is 6.93. The molecule has 2 aromatic heterocycles. The molecule has 0 bridgehead atoms. The largest absolute Gasteiger partial charge is 0.343 e. The molecule has 1 aliphatic heterocycles. The Balaban J connectivity index is 1.58. The smallest absolute Gasteiger partial charge is 0.257 e. The average Bonchev–Trinajstić information content (AvgIpc) is 2.77. The van der Waals surface area contributed by atoms with Crippen molar-refractivity contribution in [3.05, 3.63) is 92.9 Å². The summed E-state index contributed by atoms with van der Waals surface area (Å²) < 4.78 is 14.0. The van der Waals surface area contributed by atoms with Gasteiger partial charge in [0, 0.05) is 29.6 Å². The highest BCUT2D eigenvalue weighted by atomic mass is 32.2. The molecule has 0 amide bonds. The van der Waals surface area contributed by atoms with Crippen LogP contribution in [0.15, 0.2) is 69.9 Å². The molecule has 6 nitrogen and oxygen atoms in total. The third-order valence-electron chi connectivity index (χ3n) is 6.01. The first-order valence-electron chi connectivity index (χ1n) is 10.8. The zero-order valence-corrected chi connectivity index (χ0v) is 19.1. The van der Waals surface area contributed by atoms with Crippen LogP contribution in [0.2, 0.25) is 0 Å². The van der Waals surface area contributed by atoms with E-state index >= 15 is 0 Å². The lowest BCUT2D eigenvalue weighted by molar-refractivity contribution is -0.118. The van der Waals surface area contributed by atoms with Crippen LogP contribution >= 0.6 is 11.8 Å². The van der Waals surface area contributed by atoms with Gasteiger partial charge in [-0.3, -0.25) is 14.6 Å². The van der Waals surface area contributed by atoms with Gasteiger partial charge in [-0.05, 0) is 35.6 Å². The van der Waals surface area contributed by atoms with Crippen LogP contribution in [-0.2, 0) is 10.5 Å². The van der Waals surface area contributed by atoms with Crippen LogP contribution in [0.3, 0.4) is 0 Å². The van der Waals surface area contributed by atoms with Crippen molar-refractivity contribution in [2.45, 2.75) is 43.5 Å². The standard InChI is InChI=1S/C25H23FN4O2S/c1-25(2)11-17-19(18(31)12-25)20(16-9-5-6-10-27-16)21-22(28-17)29-24(30-23(21)32)33-13-14-7-3-4-8-15(14)26/h3-10,20H,11-13H2,1-2H3,(H2,28,29,30,32)/t20-/m1/s1. The van der Waals surface area contributed by atoms with Crippen LogP contribution in [-0.4, -0.2) is 20.7 Å². The van der Waals surface area contributed by atoms with Gasteiger partial charge in [0.05, 0.1) is 17.2 Å². The molecular formula is C25H23FN4O2S. The Kier molecular flexibility index (Phi) is 5.40. The van der Waals surface area contributed by atoms with Gasteiger partial charge in [-0.1, -0.05) is 49.9 Å². The van der Waals surface area contributed by atoms with E-state index in [0.29, 0.717) is 52.0 Å². The number of pyridine rings is 1. The number of nitrogens with one attached hydrogen (secondary N) is 2. The minimum atomic E-state index is -0.581. The minimum Gasteiger partial charge on any atom is -0.343 e. The molecule has 0 unspecified atom stereocenters. The van der Waals surface area contributed by atoms with Gasteiger partial charge >= 0.3 is 0 Å². The van der Waals surface area contributed by atoms with Gasteiger partial charge in [-0.15, -0.1) is 0 Å². The second kappa shape index (κ2) is 8.26. The van der Waals surface area contributed by atoms with Crippen LogP contribution in [0.1, 0.15) is 49.4 Å². The number of carbonyl (C=O) groups is 1. The Labute approximate surface area is 194 Å². The van der Waals surface area contributed by atoms with Gasteiger partial charge in [0.15, 0.2) is 10.9 Å². The lowest BCUT2D eigenvalue weighted by atomic mass is 9.70. The Morgan fingerprint density at radius 1 is 1.12 bits per heavy atom. The van der Waals surface area contributed by atoms with Crippen molar-refractivity contribution >= 4 is 23.4 Å². The molecule has 0 spiro atoms. The van der Waals surface area contributed by atoms with Gasteiger partial charge in [0.1, 0.15) is 11.6 Å². The molecule has 2 N–H and O–H groups in total. The average molecular weight is 463 g/mol. The number of aromatic amines is 1. The zero-order chi connectivity index (χ0) is 23.2. The van der Waals surface area contributed by atoms with Crippen molar-refractivity contribution < 1.29 is 9.18 Å². The first-order chi connectivity index (χ1) is 15.8. The van der Waals surface area contributed by atoms with Crippen molar-refractivity contribution in [3.8, 4) is 0 Å². The molecule has 33 heavy (non-hydrogen) atoms. The number of Topliss-reactive ketones (excluding diaryl/α,β-unsaturated/α-hetero) is 1. The molecule has 1 aromatic carbocycles. The van der Waals surface area contributed by atoms with Crippen molar-refractivity contribution in [3.63, 3.8) is 0 Å². The number of thioether (sulfide) groups is 1. The van der Waals surface area contributed by atoms with Gasteiger partial charge in [-0.25, -0.2) is 9.37 Å². The summed E-state index contributed by atoms with van der Waals surface area (Å²) in [6.07, 6.45) is 2.74. The molecule has 8 heteroatoms. The molecular weight excluding hydrogens is 439 g/mol. The number of hydrogen-bond donors (Lipinski definition) is 2. The second-order valence-electron chi connectivity index (χ2n) is 9.16. The Bertz CT molecular complexity index is 1330. The molecule has 0 saturated carbocycles. The highest BCUT2D eigenvalue weighted by Crippen LogP contribution is 2.47. The topological polar surface area (TPSA) is 87.7 Å². The number of halogens is 1. The molecule has 0 fully saturated rings. The summed E-state index contributed by atoms with van der Waals surface area (Å²) in [5.74, 6) is -0.0983. The minimum absolute atomic E-state index is 0.0208. The fraction of sp³-hybridized carbons (Fsp3) is 0.280. The summed E-state index contributed by atoms with van der Waals surface area (Å²) in [6, 6.07) is 12.0. The van der Waals surface area contributed by atoms with Crippen LogP contribution in [0, 0.1) is 11.2 Å². The van der Waals surface area contributed by atoms with Crippen molar-refractivity contribution in [2.24, 2.45) is 5.41 Å². The Morgan fingerprint density at radius 3 is 2.67 bits per heavy atom. The van der Waals surface area contributed by atoms with E-state index < -0.39 is 5.92 Å². The number of aromatic nitrogens is 3. The van der Waals surface area contributed by atoms with E-state index in [0.717, 1.165) is 5.70 Å². The van der Waals surface area contributed by atoms with Crippen LogP contribution in [0.4, 0.5) is 10.2 Å². The number of allylic oxidation sites excluding steroid dienone is 2. The number of H-pyrrole nitrogens is 1. The lowest BCUT2D eigenvalue weighted by Crippen LogP contribution is -2.37. The molecule has 0 saturated heterocycles. The maximum atomic E-state index is 14.0. The van der Waals surface area contributed by atoms with E-state index in [1.807, 2.05) is 12.1 Å². The lowest BCUT2D eigenvalue weighted by Gasteiger charge is -2.38. The fourth-order valence-electron chi connectivity index (χ4n) is 4.57. The Hall–Kier alpha value is -3.26. The van der Waals surface area contributed by atoms with Gasteiger partial charge < -0.3 is 10.3 Å². The quantitative estimate of drug-likeness (QED) is 0.428. The Morgan fingerprint density at radius 2 is 1.91 bits per heavy atom. The highest BCUT2D eigenvalue weighted by molar-refractivity contribution is 7.98. The molecule has 3 heterocycles.